The second kappa shape index (κ2) is 8.85. The quantitative estimate of drug-likeness (QED) is 0.601. The maximum Gasteiger partial charge on any atom is 0.376 e. The molecular weight excluding hydrogens is 358 g/mol. The molecule has 1 heterocycles. The molecule has 0 bridgehead atoms. The summed E-state index contributed by atoms with van der Waals surface area (Å²) < 4.78 is 16.2. The van der Waals surface area contributed by atoms with Crippen LogP contribution in [0, 0.1) is 0 Å². The molecule has 0 spiro atoms. The summed E-state index contributed by atoms with van der Waals surface area (Å²) in [6, 6.07) is 16.9. The van der Waals surface area contributed by atoms with E-state index in [1.54, 1.807) is 0 Å². The first-order valence-corrected chi connectivity index (χ1v) is 8.77. The number of nitrogens with one attached hydrogen (secondary N) is 1. The van der Waals surface area contributed by atoms with Crippen LogP contribution in [0.1, 0.15) is 24.5 Å². The third-order valence-corrected chi connectivity index (χ3v) is 3.58. The number of esters is 1. The van der Waals surface area contributed by atoms with Crippen molar-refractivity contribution in [3.63, 3.8) is 0 Å². The maximum absolute atomic E-state index is 11.7. The Hall–Kier alpha value is -3.61. The van der Waals surface area contributed by atoms with Crippen LogP contribution in [0.25, 0.3) is 0 Å². The van der Waals surface area contributed by atoms with Gasteiger partial charge in [-0.05, 0) is 50.2 Å². The second-order valence-electron chi connectivity index (χ2n) is 6.13. The Morgan fingerprint density at radius 3 is 2.32 bits per heavy atom. The van der Waals surface area contributed by atoms with E-state index >= 15 is 0 Å². The monoisotopic (exact) mass is 379 g/mol. The Morgan fingerprint density at radius 2 is 1.68 bits per heavy atom. The summed E-state index contributed by atoms with van der Waals surface area (Å²) >= 11 is 0. The molecule has 0 fully saturated rings. The minimum atomic E-state index is -0.620. The first-order chi connectivity index (χ1) is 13.5. The van der Waals surface area contributed by atoms with Gasteiger partial charge in [-0.15, -0.1) is 0 Å². The van der Waals surface area contributed by atoms with Crippen molar-refractivity contribution in [2.24, 2.45) is 0 Å². The van der Waals surface area contributed by atoms with E-state index in [9.17, 15) is 4.79 Å². The summed E-state index contributed by atoms with van der Waals surface area (Å²) in [5, 5.41) is 3.15. The van der Waals surface area contributed by atoms with Crippen LogP contribution in [0.15, 0.2) is 60.8 Å². The van der Waals surface area contributed by atoms with Gasteiger partial charge in [0.05, 0.1) is 19.4 Å². The van der Waals surface area contributed by atoms with Crippen molar-refractivity contribution in [1.29, 1.82) is 0 Å². The summed E-state index contributed by atoms with van der Waals surface area (Å²) in [6.45, 7) is 3.79. The highest BCUT2D eigenvalue weighted by molar-refractivity contribution is 5.85. The fraction of sp³-hybridized carbons (Fsp3) is 0.190. The van der Waals surface area contributed by atoms with Gasteiger partial charge in [0.15, 0.2) is 11.6 Å². The van der Waals surface area contributed by atoms with Gasteiger partial charge in [-0.2, -0.15) is 0 Å². The highest BCUT2D eigenvalue weighted by atomic mass is 16.5. The van der Waals surface area contributed by atoms with E-state index in [1.807, 2.05) is 68.4 Å². The predicted molar refractivity (Wildman–Crippen MR) is 105 cm³/mol. The molecule has 0 aliphatic heterocycles. The van der Waals surface area contributed by atoms with E-state index < -0.39 is 5.97 Å². The molecule has 0 radical (unpaired) electrons. The van der Waals surface area contributed by atoms with Crippen LogP contribution in [-0.2, 0) is 4.74 Å². The van der Waals surface area contributed by atoms with Gasteiger partial charge in [0, 0.05) is 5.69 Å². The summed E-state index contributed by atoms with van der Waals surface area (Å²) in [6.07, 6.45) is 1.38. The molecule has 28 heavy (non-hydrogen) atoms. The summed E-state index contributed by atoms with van der Waals surface area (Å²) in [5.41, 5.74) is 0.753. The Kier molecular flexibility index (Phi) is 6.06. The van der Waals surface area contributed by atoms with Crippen LogP contribution in [0.2, 0.25) is 0 Å². The van der Waals surface area contributed by atoms with Crippen LogP contribution < -0.4 is 14.8 Å². The minimum Gasteiger partial charge on any atom is -0.485 e. The van der Waals surface area contributed by atoms with Gasteiger partial charge in [-0.1, -0.05) is 18.2 Å². The van der Waals surface area contributed by atoms with E-state index in [0.29, 0.717) is 17.3 Å². The number of aromatic nitrogens is 2. The number of benzene rings is 2. The van der Waals surface area contributed by atoms with Crippen LogP contribution in [0.4, 0.5) is 11.5 Å². The number of carbonyl (C=O) groups excluding carboxylic acids is 1. The van der Waals surface area contributed by atoms with Crippen LogP contribution in [-0.4, -0.2) is 29.2 Å². The first kappa shape index (κ1) is 19.2. The van der Waals surface area contributed by atoms with Crippen molar-refractivity contribution >= 4 is 17.5 Å². The predicted octanol–water partition coefficient (Wildman–Crippen LogP) is 4.59. The van der Waals surface area contributed by atoms with Gasteiger partial charge in [-0.3, -0.25) is 0 Å². The number of ether oxygens (including phenoxy) is 3. The van der Waals surface area contributed by atoms with E-state index in [4.69, 9.17) is 9.47 Å². The molecule has 7 heteroatoms. The number of carbonyl (C=O) groups is 1. The number of hydrogen-bond acceptors (Lipinski definition) is 7. The Labute approximate surface area is 163 Å². The highest BCUT2D eigenvalue weighted by Crippen LogP contribution is 2.28. The molecule has 3 rings (SSSR count). The van der Waals surface area contributed by atoms with Gasteiger partial charge in [0.1, 0.15) is 11.5 Å². The van der Waals surface area contributed by atoms with Gasteiger partial charge in [0.25, 0.3) is 0 Å². The lowest BCUT2D eigenvalue weighted by atomic mass is 10.3. The molecule has 7 nitrogen and oxygen atoms in total. The largest absolute Gasteiger partial charge is 0.485 e. The van der Waals surface area contributed by atoms with Crippen molar-refractivity contribution in [2.45, 2.75) is 20.0 Å². The first-order valence-electron chi connectivity index (χ1n) is 8.77. The molecular formula is C21H21N3O4. The number of hydrogen-bond donors (Lipinski definition) is 1. The molecule has 144 valence electrons. The van der Waals surface area contributed by atoms with E-state index in [0.717, 1.165) is 11.4 Å². The SMILES string of the molecule is COC(=O)c1ncc(OC(C)C)c(Nc2ccc(Oc3ccccc3)cc2)n1. The molecule has 0 unspecified atom stereocenters. The molecule has 0 aliphatic carbocycles. The smallest absolute Gasteiger partial charge is 0.376 e. The van der Waals surface area contributed by atoms with Crippen LogP contribution in [0.3, 0.4) is 0 Å². The number of para-hydroxylation sites is 1. The maximum atomic E-state index is 11.7. The summed E-state index contributed by atoms with van der Waals surface area (Å²) in [4.78, 5) is 20.0. The molecule has 1 N–H and O–H groups in total. The topological polar surface area (TPSA) is 82.6 Å². The normalized spacial score (nSPS) is 10.4. The van der Waals surface area contributed by atoms with Gasteiger partial charge in [0.2, 0.25) is 5.82 Å². The fourth-order valence-electron chi connectivity index (χ4n) is 2.36. The standard InChI is InChI=1S/C21H21N3O4/c1-14(2)27-18-13-22-20(21(25)26-3)24-19(18)23-15-9-11-17(12-10-15)28-16-7-5-4-6-8-16/h4-14H,1-3H3,(H,22,23,24). The van der Waals surface area contributed by atoms with Crippen molar-refractivity contribution < 1.29 is 19.0 Å². The number of anilines is 2. The third kappa shape index (κ3) is 4.97. The zero-order chi connectivity index (χ0) is 19.9. The average molecular weight is 379 g/mol. The minimum absolute atomic E-state index is 0.0508. The zero-order valence-corrected chi connectivity index (χ0v) is 15.9. The molecule has 0 saturated carbocycles. The van der Waals surface area contributed by atoms with E-state index in [-0.39, 0.29) is 11.9 Å². The van der Waals surface area contributed by atoms with E-state index in [2.05, 4.69) is 20.0 Å². The fourth-order valence-corrected chi connectivity index (χ4v) is 2.36. The third-order valence-electron chi connectivity index (χ3n) is 3.58. The van der Waals surface area contributed by atoms with Crippen molar-refractivity contribution in [3.8, 4) is 17.2 Å². The number of methoxy groups -OCH3 is 1. The Balaban J connectivity index is 1.80. The Bertz CT molecular complexity index is 928. The number of rotatable bonds is 7. The Morgan fingerprint density at radius 1 is 1.00 bits per heavy atom. The molecule has 0 atom stereocenters. The lowest BCUT2D eigenvalue weighted by molar-refractivity contribution is 0.0586. The lowest BCUT2D eigenvalue weighted by Gasteiger charge is -2.15. The number of nitrogens with zero attached hydrogens (tertiary/aromatic N) is 2. The second-order valence-corrected chi connectivity index (χ2v) is 6.13. The molecule has 1 aromatic heterocycles. The molecule has 0 aliphatic rings. The van der Waals surface area contributed by atoms with Crippen molar-refractivity contribution in [3.05, 3.63) is 66.6 Å². The molecule has 3 aromatic rings. The van der Waals surface area contributed by atoms with Crippen LogP contribution in [0.5, 0.6) is 17.2 Å². The van der Waals surface area contributed by atoms with E-state index in [1.165, 1.54) is 13.3 Å². The average Bonchev–Trinajstić information content (AvgIpc) is 2.70. The summed E-state index contributed by atoms with van der Waals surface area (Å²) in [5.74, 6) is 1.60. The summed E-state index contributed by atoms with van der Waals surface area (Å²) in [7, 11) is 1.28. The zero-order valence-electron chi connectivity index (χ0n) is 15.9. The van der Waals surface area contributed by atoms with Crippen LogP contribution >= 0.6 is 0 Å². The lowest BCUT2D eigenvalue weighted by Crippen LogP contribution is -2.13. The van der Waals surface area contributed by atoms with Gasteiger partial charge >= 0.3 is 5.97 Å². The molecule has 0 saturated heterocycles. The van der Waals surface area contributed by atoms with Gasteiger partial charge in [-0.25, -0.2) is 14.8 Å². The molecule has 2 aromatic carbocycles. The van der Waals surface area contributed by atoms with Crippen molar-refractivity contribution in [2.75, 3.05) is 12.4 Å². The van der Waals surface area contributed by atoms with Gasteiger partial charge < -0.3 is 19.5 Å². The highest BCUT2D eigenvalue weighted by Gasteiger charge is 2.15. The molecule has 0 amide bonds. The van der Waals surface area contributed by atoms with Crippen molar-refractivity contribution in [1.82, 2.24) is 9.97 Å².